The van der Waals surface area contributed by atoms with Gasteiger partial charge >= 0.3 is 0 Å². The van der Waals surface area contributed by atoms with Crippen LogP contribution in [0.15, 0.2) is 46.9 Å². The smallest absolute Gasteiger partial charge is 0.238 e. The first-order valence-corrected chi connectivity index (χ1v) is 9.19. The van der Waals surface area contributed by atoms with Gasteiger partial charge in [-0.15, -0.1) is 0 Å². The Kier molecular flexibility index (Phi) is 5.76. The molecule has 0 atom stereocenters. The molecule has 0 bridgehead atoms. The molecule has 0 aliphatic heterocycles. The van der Waals surface area contributed by atoms with E-state index < -0.39 is 0 Å². The molecule has 142 valence electrons. The number of hydrogen-bond acceptors (Lipinski definition) is 4. The van der Waals surface area contributed by atoms with E-state index in [1.807, 2.05) is 56.3 Å². The highest BCUT2D eigenvalue weighted by molar-refractivity contribution is 6.07. The number of para-hydroxylation sites is 1. The van der Waals surface area contributed by atoms with E-state index in [1.165, 1.54) is 0 Å². The minimum atomic E-state index is -0.156. The number of amides is 2. The Morgan fingerprint density at radius 2 is 1.67 bits per heavy atom. The number of fused-ring (bicyclic) bond motifs is 3. The van der Waals surface area contributed by atoms with Crippen molar-refractivity contribution in [3.05, 3.63) is 42.5 Å². The summed E-state index contributed by atoms with van der Waals surface area (Å²) in [5.74, 6) is -0.126. The second kappa shape index (κ2) is 8.22. The number of benzene rings is 2. The van der Waals surface area contributed by atoms with Crippen LogP contribution in [0, 0.1) is 0 Å². The lowest BCUT2D eigenvalue weighted by atomic mass is 10.1. The summed E-state index contributed by atoms with van der Waals surface area (Å²) in [5.41, 5.74) is 2.32. The number of carbonyl (C=O) groups is 2. The molecule has 1 aromatic heterocycles. The Balaban J connectivity index is 1.65. The summed E-state index contributed by atoms with van der Waals surface area (Å²) in [7, 11) is 1.77. The van der Waals surface area contributed by atoms with Gasteiger partial charge in [0.05, 0.1) is 13.1 Å². The molecule has 0 fully saturated rings. The minimum absolute atomic E-state index is 0.0292. The Morgan fingerprint density at radius 1 is 0.963 bits per heavy atom. The van der Waals surface area contributed by atoms with Crippen molar-refractivity contribution in [1.82, 2.24) is 9.80 Å². The van der Waals surface area contributed by atoms with Gasteiger partial charge in [-0.2, -0.15) is 0 Å². The quantitative estimate of drug-likeness (QED) is 0.696. The Bertz CT molecular complexity index is 960. The van der Waals surface area contributed by atoms with E-state index in [1.54, 1.807) is 16.8 Å². The van der Waals surface area contributed by atoms with Crippen molar-refractivity contribution < 1.29 is 14.0 Å². The number of carbonyl (C=O) groups excluding carboxylic acids is 2. The summed E-state index contributed by atoms with van der Waals surface area (Å²) >= 11 is 0. The van der Waals surface area contributed by atoms with Gasteiger partial charge in [0.1, 0.15) is 11.2 Å². The predicted octanol–water partition coefficient (Wildman–Crippen LogP) is 3.32. The molecule has 0 spiro atoms. The first kappa shape index (κ1) is 18.9. The first-order valence-electron chi connectivity index (χ1n) is 9.19. The number of nitrogens with one attached hydrogen (secondary N) is 1. The molecule has 0 aliphatic carbocycles. The highest BCUT2D eigenvalue weighted by atomic mass is 16.3. The van der Waals surface area contributed by atoms with Gasteiger partial charge in [0.25, 0.3) is 0 Å². The maximum Gasteiger partial charge on any atom is 0.238 e. The molecule has 27 heavy (non-hydrogen) atoms. The fourth-order valence-corrected chi connectivity index (χ4v) is 3.21. The molecular formula is C21H25N3O3. The van der Waals surface area contributed by atoms with Crippen molar-refractivity contribution in [1.29, 1.82) is 0 Å². The third-order valence-electron chi connectivity index (χ3n) is 4.60. The molecule has 0 saturated heterocycles. The van der Waals surface area contributed by atoms with Crippen LogP contribution in [0.4, 0.5) is 5.69 Å². The van der Waals surface area contributed by atoms with E-state index in [-0.39, 0.29) is 24.9 Å². The molecule has 0 unspecified atom stereocenters. The van der Waals surface area contributed by atoms with Crippen LogP contribution in [-0.2, 0) is 9.59 Å². The average Bonchev–Trinajstić information content (AvgIpc) is 3.00. The van der Waals surface area contributed by atoms with Gasteiger partial charge in [-0.05, 0) is 45.2 Å². The van der Waals surface area contributed by atoms with E-state index >= 15 is 0 Å². The van der Waals surface area contributed by atoms with Gasteiger partial charge < -0.3 is 14.6 Å². The topological polar surface area (TPSA) is 65.8 Å². The van der Waals surface area contributed by atoms with Gasteiger partial charge in [-0.1, -0.05) is 18.2 Å². The normalized spacial score (nSPS) is 11.3. The summed E-state index contributed by atoms with van der Waals surface area (Å²) < 4.78 is 5.80. The maximum atomic E-state index is 12.4. The van der Waals surface area contributed by atoms with Crippen molar-refractivity contribution in [2.45, 2.75) is 13.8 Å². The zero-order chi connectivity index (χ0) is 19.4. The van der Waals surface area contributed by atoms with Crippen LogP contribution in [0.3, 0.4) is 0 Å². The van der Waals surface area contributed by atoms with E-state index in [2.05, 4.69) is 5.32 Å². The minimum Gasteiger partial charge on any atom is -0.456 e. The third kappa shape index (κ3) is 4.28. The summed E-state index contributed by atoms with van der Waals surface area (Å²) in [6.07, 6.45) is 0. The summed E-state index contributed by atoms with van der Waals surface area (Å²) in [6.45, 7) is 5.62. The van der Waals surface area contributed by atoms with Crippen LogP contribution in [-0.4, -0.2) is 54.8 Å². The number of rotatable bonds is 7. The lowest BCUT2D eigenvalue weighted by Crippen LogP contribution is -2.41. The Labute approximate surface area is 158 Å². The van der Waals surface area contributed by atoms with Gasteiger partial charge in [-0.25, -0.2) is 0 Å². The molecule has 3 aromatic rings. The highest BCUT2D eigenvalue weighted by Gasteiger charge is 2.15. The van der Waals surface area contributed by atoms with Crippen LogP contribution in [0.1, 0.15) is 13.8 Å². The highest BCUT2D eigenvalue weighted by Crippen LogP contribution is 2.30. The largest absolute Gasteiger partial charge is 0.456 e. The van der Waals surface area contributed by atoms with Crippen LogP contribution in [0.25, 0.3) is 21.9 Å². The lowest BCUT2D eigenvalue weighted by molar-refractivity contribution is -0.132. The molecule has 0 saturated carbocycles. The fraction of sp³-hybridized carbons (Fsp3) is 0.333. The van der Waals surface area contributed by atoms with Crippen LogP contribution < -0.4 is 5.32 Å². The van der Waals surface area contributed by atoms with Crippen LogP contribution in [0.5, 0.6) is 0 Å². The van der Waals surface area contributed by atoms with Crippen molar-refractivity contribution in [2.24, 2.45) is 0 Å². The van der Waals surface area contributed by atoms with Crippen LogP contribution >= 0.6 is 0 Å². The molecule has 6 nitrogen and oxygen atoms in total. The number of anilines is 1. The summed E-state index contributed by atoms with van der Waals surface area (Å²) in [4.78, 5) is 28.0. The molecule has 2 aromatic carbocycles. The molecule has 1 heterocycles. The summed E-state index contributed by atoms with van der Waals surface area (Å²) in [6, 6.07) is 13.4. The molecule has 0 radical (unpaired) electrons. The van der Waals surface area contributed by atoms with Crippen molar-refractivity contribution >= 4 is 39.4 Å². The van der Waals surface area contributed by atoms with Crippen molar-refractivity contribution in [3.63, 3.8) is 0 Å². The van der Waals surface area contributed by atoms with Gasteiger partial charge in [0, 0.05) is 29.5 Å². The van der Waals surface area contributed by atoms with E-state index in [0.717, 1.165) is 21.9 Å². The number of likely N-dealkylation sites (N-methyl/N-ethyl adjacent to an activating group) is 2. The number of nitrogens with zero attached hydrogens (tertiary/aromatic N) is 2. The van der Waals surface area contributed by atoms with Crippen molar-refractivity contribution in [2.75, 3.05) is 38.5 Å². The van der Waals surface area contributed by atoms with E-state index in [0.29, 0.717) is 18.8 Å². The second-order valence-corrected chi connectivity index (χ2v) is 6.60. The third-order valence-corrected chi connectivity index (χ3v) is 4.60. The molecule has 1 N–H and O–H groups in total. The lowest BCUT2D eigenvalue weighted by Gasteiger charge is -2.22. The van der Waals surface area contributed by atoms with Gasteiger partial charge in [0.2, 0.25) is 11.8 Å². The second-order valence-electron chi connectivity index (χ2n) is 6.60. The summed E-state index contributed by atoms with van der Waals surface area (Å²) in [5, 5.41) is 4.89. The first-order chi connectivity index (χ1) is 13.0. The molecule has 2 amide bonds. The van der Waals surface area contributed by atoms with E-state index in [9.17, 15) is 9.59 Å². The SMILES string of the molecule is CCN(CC)C(=O)CN(C)CC(=O)Nc1ccc2oc3ccccc3c2c1. The van der Waals surface area contributed by atoms with Crippen molar-refractivity contribution in [3.8, 4) is 0 Å². The molecule has 0 aliphatic rings. The Morgan fingerprint density at radius 3 is 2.41 bits per heavy atom. The van der Waals surface area contributed by atoms with E-state index in [4.69, 9.17) is 4.42 Å². The molecule has 3 rings (SSSR count). The zero-order valence-electron chi connectivity index (χ0n) is 16.0. The average molecular weight is 367 g/mol. The maximum absolute atomic E-state index is 12.4. The molecular weight excluding hydrogens is 342 g/mol. The number of furan rings is 1. The number of hydrogen-bond donors (Lipinski definition) is 1. The standard InChI is InChI=1S/C21H25N3O3/c1-4-24(5-2)21(26)14-23(3)13-20(25)22-15-10-11-19-17(12-15)16-8-6-7-9-18(16)27-19/h6-12H,4-5,13-14H2,1-3H3,(H,22,25). The van der Waals surface area contributed by atoms with Crippen LogP contribution in [0.2, 0.25) is 0 Å². The Hall–Kier alpha value is -2.86. The molecule has 6 heteroatoms. The fourth-order valence-electron chi connectivity index (χ4n) is 3.21. The predicted molar refractivity (Wildman–Crippen MR) is 108 cm³/mol. The zero-order valence-corrected chi connectivity index (χ0v) is 16.0. The van der Waals surface area contributed by atoms with Gasteiger partial charge in [0.15, 0.2) is 0 Å². The monoisotopic (exact) mass is 367 g/mol. The van der Waals surface area contributed by atoms with Gasteiger partial charge in [-0.3, -0.25) is 14.5 Å².